The molecule has 2 unspecified atom stereocenters. The fourth-order valence-corrected chi connectivity index (χ4v) is 1.88. The van der Waals surface area contributed by atoms with Crippen LogP contribution in [0.25, 0.3) is 0 Å². The van der Waals surface area contributed by atoms with E-state index in [1.807, 2.05) is 24.3 Å². The quantitative estimate of drug-likeness (QED) is 0.465. The summed E-state index contributed by atoms with van der Waals surface area (Å²) in [7, 11) is 0. The molecule has 0 N–H and O–H groups in total. The highest BCUT2D eigenvalue weighted by molar-refractivity contribution is 9.10. The molecule has 2 atom stereocenters. The van der Waals surface area contributed by atoms with Gasteiger partial charge in [-0.25, -0.2) is 0 Å². The lowest BCUT2D eigenvalue weighted by Crippen LogP contribution is -2.19. The van der Waals surface area contributed by atoms with Gasteiger partial charge >= 0.3 is 5.72 Å². The average molecular weight is 258 g/mol. The molecule has 0 aliphatic carbocycles. The predicted molar refractivity (Wildman–Crippen MR) is 53.4 cm³/mol. The van der Waals surface area contributed by atoms with Gasteiger partial charge in [0.25, 0.3) is 0 Å². The van der Waals surface area contributed by atoms with Crippen LogP contribution in [0, 0.1) is 10.1 Å². The third-order valence-corrected chi connectivity index (χ3v) is 3.06. The van der Waals surface area contributed by atoms with Crippen LogP contribution < -0.4 is 0 Å². The first kappa shape index (κ1) is 9.61. The fraction of sp³-hybridized carbons (Fsp3) is 0.333. The monoisotopic (exact) mass is 257 g/mol. The van der Waals surface area contributed by atoms with Crippen molar-refractivity contribution in [1.29, 1.82) is 0 Å². The number of halogens is 1. The average Bonchev–Trinajstić information content (AvgIpc) is 2.80. The van der Waals surface area contributed by atoms with Crippen molar-refractivity contribution in [2.75, 3.05) is 0 Å². The summed E-state index contributed by atoms with van der Waals surface area (Å²) in [6, 6.07) is 7.36. The van der Waals surface area contributed by atoms with Crippen LogP contribution in [0.3, 0.4) is 0 Å². The Morgan fingerprint density at radius 3 is 2.71 bits per heavy atom. The van der Waals surface area contributed by atoms with Crippen molar-refractivity contribution in [2.24, 2.45) is 0 Å². The number of benzene rings is 1. The van der Waals surface area contributed by atoms with E-state index in [4.69, 9.17) is 4.74 Å². The van der Waals surface area contributed by atoms with Crippen molar-refractivity contribution in [1.82, 2.24) is 0 Å². The summed E-state index contributed by atoms with van der Waals surface area (Å²) < 4.78 is 5.95. The second kappa shape index (κ2) is 3.03. The van der Waals surface area contributed by atoms with E-state index in [0.29, 0.717) is 0 Å². The molecule has 1 aliphatic heterocycles. The van der Waals surface area contributed by atoms with Crippen LogP contribution in [0.5, 0.6) is 0 Å². The molecule has 5 heteroatoms. The van der Waals surface area contributed by atoms with Crippen LogP contribution in [-0.4, -0.2) is 10.6 Å². The molecular formula is C9H8BrNO3. The van der Waals surface area contributed by atoms with E-state index in [0.717, 1.165) is 10.0 Å². The Bertz CT molecular complexity index is 395. The van der Waals surface area contributed by atoms with Gasteiger partial charge < -0.3 is 0 Å². The summed E-state index contributed by atoms with van der Waals surface area (Å²) in [5.41, 5.74) is -0.421. The highest BCUT2D eigenvalue weighted by Gasteiger charge is 2.66. The molecule has 1 saturated heterocycles. The van der Waals surface area contributed by atoms with Crippen molar-refractivity contribution >= 4 is 15.9 Å². The SMILES string of the molecule is CC1([N+](=O)[O-])OC1c1ccccc1Br. The van der Waals surface area contributed by atoms with E-state index in [9.17, 15) is 10.1 Å². The smallest absolute Gasteiger partial charge is 0.294 e. The molecule has 1 fully saturated rings. The lowest BCUT2D eigenvalue weighted by molar-refractivity contribution is -0.558. The summed E-state index contributed by atoms with van der Waals surface area (Å²) in [6.45, 7) is 1.48. The second-order valence-electron chi connectivity index (χ2n) is 3.33. The van der Waals surface area contributed by atoms with Gasteiger partial charge in [0.2, 0.25) is 0 Å². The number of nitrogens with zero attached hydrogens (tertiary/aromatic N) is 1. The minimum atomic E-state index is -1.25. The van der Waals surface area contributed by atoms with Crippen LogP contribution in [0.4, 0.5) is 0 Å². The van der Waals surface area contributed by atoms with Crippen molar-refractivity contribution in [3.8, 4) is 0 Å². The van der Waals surface area contributed by atoms with Crippen molar-refractivity contribution in [2.45, 2.75) is 18.8 Å². The zero-order chi connectivity index (χ0) is 10.3. The molecule has 1 aromatic carbocycles. The normalized spacial score (nSPS) is 30.0. The standard InChI is InChI=1S/C9H8BrNO3/c1-9(11(12)13)8(14-9)6-4-2-3-5-7(6)10/h2-5,8H,1H3. The van der Waals surface area contributed by atoms with Gasteiger partial charge in [-0.3, -0.25) is 14.9 Å². The summed E-state index contributed by atoms with van der Waals surface area (Å²) in [5, 5.41) is 10.6. The number of epoxide rings is 1. The van der Waals surface area contributed by atoms with Gasteiger partial charge in [-0.15, -0.1) is 0 Å². The van der Waals surface area contributed by atoms with Gasteiger partial charge in [0.15, 0.2) is 6.10 Å². The zero-order valence-corrected chi connectivity index (χ0v) is 9.02. The summed E-state index contributed by atoms with van der Waals surface area (Å²) in [4.78, 5) is 10.3. The van der Waals surface area contributed by atoms with Crippen LogP contribution in [0.1, 0.15) is 18.6 Å². The highest BCUT2D eigenvalue weighted by Crippen LogP contribution is 2.51. The van der Waals surface area contributed by atoms with Crippen LogP contribution in [0.2, 0.25) is 0 Å². The van der Waals surface area contributed by atoms with E-state index in [1.54, 1.807) is 0 Å². The number of hydrogen-bond donors (Lipinski definition) is 0. The first-order chi connectivity index (χ1) is 6.55. The van der Waals surface area contributed by atoms with Gasteiger partial charge in [-0.05, 0) is 6.07 Å². The number of ether oxygens (including phenoxy) is 1. The maximum absolute atomic E-state index is 10.6. The molecule has 1 aliphatic rings. The third kappa shape index (κ3) is 1.33. The molecule has 0 saturated carbocycles. The highest BCUT2D eigenvalue weighted by atomic mass is 79.9. The molecule has 14 heavy (non-hydrogen) atoms. The largest absolute Gasteiger partial charge is 0.353 e. The maximum atomic E-state index is 10.6. The molecule has 2 rings (SSSR count). The van der Waals surface area contributed by atoms with Crippen molar-refractivity contribution in [3.05, 3.63) is 44.4 Å². The Morgan fingerprint density at radius 2 is 2.21 bits per heavy atom. The molecular weight excluding hydrogens is 250 g/mol. The van der Waals surface area contributed by atoms with Gasteiger partial charge in [0.05, 0.1) is 4.92 Å². The lowest BCUT2D eigenvalue weighted by Gasteiger charge is -1.99. The predicted octanol–water partition coefficient (Wildman–Crippen LogP) is 2.51. The Morgan fingerprint density at radius 1 is 1.57 bits per heavy atom. The summed E-state index contributed by atoms with van der Waals surface area (Å²) in [5.74, 6) is 0. The van der Waals surface area contributed by atoms with Gasteiger partial charge in [0, 0.05) is 17.0 Å². The molecule has 0 radical (unpaired) electrons. The van der Waals surface area contributed by atoms with E-state index < -0.39 is 16.8 Å². The minimum absolute atomic E-state index is 0.392. The molecule has 4 nitrogen and oxygen atoms in total. The lowest BCUT2D eigenvalue weighted by atomic mass is 10.1. The molecule has 1 aromatic rings. The van der Waals surface area contributed by atoms with Crippen LogP contribution in [-0.2, 0) is 4.74 Å². The summed E-state index contributed by atoms with van der Waals surface area (Å²) in [6.07, 6.45) is -0.437. The topological polar surface area (TPSA) is 55.7 Å². The van der Waals surface area contributed by atoms with Crippen molar-refractivity contribution in [3.63, 3.8) is 0 Å². The van der Waals surface area contributed by atoms with E-state index in [2.05, 4.69) is 15.9 Å². The Kier molecular flexibility index (Phi) is 2.08. The molecule has 74 valence electrons. The van der Waals surface area contributed by atoms with Gasteiger partial charge in [-0.1, -0.05) is 34.1 Å². The molecule has 0 spiro atoms. The van der Waals surface area contributed by atoms with Gasteiger partial charge in [0.1, 0.15) is 0 Å². The van der Waals surface area contributed by atoms with E-state index >= 15 is 0 Å². The number of nitro groups is 1. The van der Waals surface area contributed by atoms with Gasteiger partial charge in [-0.2, -0.15) is 0 Å². The maximum Gasteiger partial charge on any atom is 0.353 e. The first-order valence-corrected chi connectivity index (χ1v) is 4.92. The van der Waals surface area contributed by atoms with E-state index in [1.165, 1.54) is 6.92 Å². The number of hydrogen-bond acceptors (Lipinski definition) is 3. The second-order valence-corrected chi connectivity index (χ2v) is 4.19. The first-order valence-electron chi connectivity index (χ1n) is 4.12. The Labute approximate surface area is 89.2 Å². The number of rotatable bonds is 2. The van der Waals surface area contributed by atoms with Crippen LogP contribution in [0.15, 0.2) is 28.7 Å². The third-order valence-electron chi connectivity index (χ3n) is 2.34. The van der Waals surface area contributed by atoms with Crippen LogP contribution >= 0.6 is 15.9 Å². The Balaban J connectivity index is 2.29. The molecule has 0 aromatic heterocycles. The zero-order valence-electron chi connectivity index (χ0n) is 7.44. The molecule has 0 amide bonds. The van der Waals surface area contributed by atoms with E-state index in [-0.39, 0.29) is 0 Å². The fourth-order valence-electron chi connectivity index (χ4n) is 1.38. The van der Waals surface area contributed by atoms with Crippen molar-refractivity contribution < 1.29 is 9.66 Å². The Hall–Kier alpha value is -0.940. The molecule has 0 bridgehead atoms. The summed E-state index contributed by atoms with van der Waals surface area (Å²) >= 11 is 3.34. The minimum Gasteiger partial charge on any atom is -0.294 e. The molecule has 1 heterocycles.